The molecule has 0 radical (unpaired) electrons. The minimum atomic E-state index is -3.94. The Morgan fingerprint density at radius 3 is 2.31 bits per heavy atom. The van der Waals surface area contributed by atoms with Crippen LogP contribution in [0, 0.1) is 10.1 Å². The predicted molar refractivity (Wildman–Crippen MR) is 107 cm³/mol. The van der Waals surface area contributed by atoms with E-state index >= 15 is 0 Å². The van der Waals surface area contributed by atoms with Crippen molar-refractivity contribution >= 4 is 15.7 Å². The van der Waals surface area contributed by atoms with Crippen LogP contribution in [0.1, 0.15) is 5.56 Å². The fraction of sp³-hybridized carbons (Fsp3) is 0.368. The van der Waals surface area contributed by atoms with E-state index in [1.54, 1.807) is 14.2 Å². The molecule has 0 aliphatic carbocycles. The van der Waals surface area contributed by atoms with Crippen molar-refractivity contribution in [3.8, 4) is 11.5 Å². The Bertz CT molecular complexity index is 987. The van der Waals surface area contributed by atoms with Crippen molar-refractivity contribution in [1.29, 1.82) is 0 Å². The molecule has 1 fully saturated rings. The van der Waals surface area contributed by atoms with E-state index in [2.05, 4.69) is 4.90 Å². The quantitative estimate of drug-likeness (QED) is 0.498. The van der Waals surface area contributed by atoms with E-state index in [9.17, 15) is 18.5 Å². The van der Waals surface area contributed by atoms with Crippen LogP contribution in [0.3, 0.4) is 0 Å². The third kappa shape index (κ3) is 4.34. The van der Waals surface area contributed by atoms with Crippen molar-refractivity contribution in [3.63, 3.8) is 0 Å². The number of methoxy groups -OCH3 is 2. The summed E-state index contributed by atoms with van der Waals surface area (Å²) < 4.78 is 37.9. The molecule has 0 amide bonds. The second kappa shape index (κ2) is 8.76. The molecule has 0 unspecified atom stereocenters. The first-order valence-electron chi connectivity index (χ1n) is 9.04. The van der Waals surface area contributed by atoms with Crippen LogP contribution in [-0.4, -0.2) is 62.9 Å². The average molecular weight is 421 g/mol. The highest BCUT2D eigenvalue weighted by Crippen LogP contribution is 2.32. The van der Waals surface area contributed by atoms with Gasteiger partial charge in [-0.25, -0.2) is 8.42 Å². The van der Waals surface area contributed by atoms with Crippen molar-refractivity contribution < 1.29 is 22.8 Å². The smallest absolute Gasteiger partial charge is 0.289 e. The lowest BCUT2D eigenvalue weighted by Crippen LogP contribution is -2.48. The molecule has 1 saturated heterocycles. The number of nitro groups is 1. The number of nitrogens with zero attached hydrogens (tertiary/aromatic N) is 3. The Kier molecular flexibility index (Phi) is 6.36. The molecule has 2 aromatic rings. The lowest BCUT2D eigenvalue weighted by Gasteiger charge is -2.34. The van der Waals surface area contributed by atoms with Gasteiger partial charge < -0.3 is 9.47 Å². The molecule has 10 heteroatoms. The molecule has 1 aliphatic rings. The molecular weight excluding hydrogens is 398 g/mol. The van der Waals surface area contributed by atoms with Crippen molar-refractivity contribution in [2.45, 2.75) is 11.4 Å². The number of benzene rings is 2. The lowest BCUT2D eigenvalue weighted by atomic mass is 10.1. The first kappa shape index (κ1) is 21.0. The summed E-state index contributed by atoms with van der Waals surface area (Å²) in [5.74, 6) is 1.30. The standard InChI is InChI=1S/C19H23N3O6S/c1-27-17-8-5-6-15(19(17)28-2)14-20-10-12-21(13-11-20)29(25,26)18-9-4-3-7-16(18)22(23)24/h3-9H,10-14H2,1-2H3. The second-order valence-electron chi connectivity index (χ2n) is 6.56. The zero-order valence-corrected chi connectivity index (χ0v) is 17.1. The van der Waals surface area contributed by atoms with Crippen LogP contribution in [0.15, 0.2) is 47.4 Å². The zero-order chi connectivity index (χ0) is 21.0. The van der Waals surface area contributed by atoms with Gasteiger partial charge in [0.05, 0.1) is 19.1 Å². The van der Waals surface area contributed by atoms with Gasteiger partial charge in [0.25, 0.3) is 5.69 Å². The molecule has 1 aliphatic heterocycles. The van der Waals surface area contributed by atoms with Gasteiger partial charge in [0.2, 0.25) is 10.0 Å². The van der Waals surface area contributed by atoms with Crippen LogP contribution in [0.2, 0.25) is 0 Å². The molecule has 0 aromatic heterocycles. The lowest BCUT2D eigenvalue weighted by molar-refractivity contribution is -0.387. The largest absolute Gasteiger partial charge is 0.493 e. The summed E-state index contributed by atoms with van der Waals surface area (Å²) >= 11 is 0. The third-order valence-corrected chi connectivity index (χ3v) is 6.84. The highest BCUT2D eigenvalue weighted by Gasteiger charge is 2.33. The molecule has 3 rings (SSSR count). The van der Waals surface area contributed by atoms with E-state index in [1.165, 1.54) is 28.6 Å². The van der Waals surface area contributed by atoms with Gasteiger partial charge in [-0.3, -0.25) is 15.0 Å². The first-order chi connectivity index (χ1) is 13.9. The highest BCUT2D eigenvalue weighted by atomic mass is 32.2. The molecule has 2 aromatic carbocycles. The minimum absolute atomic E-state index is 0.251. The monoisotopic (exact) mass is 421 g/mol. The van der Waals surface area contributed by atoms with Gasteiger partial charge in [-0.2, -0.15) is 4.31 Å². The minimum Gasteiger partial charge on any atom is -0.493 e. The maximum atomic E-state index is 12.9. The number of nitro benzene ring substituents is 1. The normalized spacial score (nSPS) is 15.8. The Balaban J connectivity index is 1.72. The van der Waals surface area contributed by atoms with Crippen LogP contribution in [-0.2, 0) is 16.6 Å². The van der Waals surface area contributed by atoms with Crippen LogP contribution >= 0.6 is 0 Å². The number of sulfonamides is 1. The summed E-state index contributed by atoms with van der Waals surface area (Å²) in [7, 11) is -0.778. The fourth-order valence-electron chi connectivity index (χ4n) is 3.41. The van der Waals surface area contributed by atoms with E-state index < -0.39 is 20.6 Å². The van der Waals surface area contributed by atoms with Crippen molar-refractivity contribution in [3.05, 3.63) is 58.1 Å². The van der Waals surface area contributed by atoms with Gasteiger partial charge in [0, 0.05) is 44.4 Å². The van der Waals surface area contributed by atoms with E-state index in [-0.39, 0.29) is 18.0 Å². The molecular formula is C19H23N3O6S. The Hall–Kier alpha value is -2.69. The topological polar surface area (TPSA) is 102 Å². The van der Waals surface area contributed by atoms with E-state index in [1.807, 2.05) is 18.2 Å². The molecule has 156 valence electrons. The molecule has 0 N–H and O–H groups in total. The zero-order valence-electron chi connectivity index (χ0n) is 16.3. The summed E-state index contributed by atoms with van der Waals surface area (Å²) in [4.78, 5) is 12.4. The molecule has 0 bridgehead atoms. The number of ether oxygens (including phenoxy) is 2. The first-order valence-corrected chi connectivity index (χ1v) is 10.5. The maximum Gasteiger partial charge on any atom is 0.289 e. The van der Waals surface area contributed by atoms with Crippen molar-refractivity contribution in [1.82, 2.24) is 9.21 Å². The second-order valence-corrected chi connectivity index (χ2v) is 8.46. The number of hydrogen-bond donors (Lipinski definition) is 0. The summed E-state index contributed by atoms with van der Waals surface area (Å²) in [5.41, 5.74) is 0.540. The number of para-hydroxylation sites is 2. The van der Waals surface area contributed by atoms with Gasteiger partial charge in [-0.1, -0.05) is 24.3 Å². The summed E-state index contributed by atoms with van der Waals surface area (Å²) in [6.45, 7) is 2.08. The van der Waals surface area contributed by atoms with Gasteiger partial charge in [-0.15, -0.1) is 0 Å². The molecule has 1 heterocycles. The summed E-state index contributed by atoms with van der Waals surface area (Å²) in [5, 5.41) is 11.2. The molecule has 9 nitrogen and oxygen atoms in total. The van der Waals surface area contributed by atoms with Crippen LogP contribution < -0.4 is 9.47 Å². The molecule has 0 spiro atoms. The SMILES string of the molecule is COc1cccc(CN2CCN(S(=O)(=O)c3ccccc3[N+](=O)[O-])CC2)c1OC. The van der Waals surface area contributed by atoms with Gasteiger partial charge >= 0.3 is 0 Å². The fourth-order valence-corrected chi connectivity index (χ4v) is 4.99. The van der Waals surface area contributed by atoms with Crippen molar-refractivity contribution in [2.75, 3.05) is 40.4 Å². The maximum absolute atomic E-state index is 12.9. The third-order valence-electron chi connectivity index (χ3n) is 4.89. The molecule has 0 saturated carbocycles. The van der Waals surface area contributed by atoms with Gasteiger partial charge in [0.1, 0.15) is 0 Å². The van der Waals surface area contributed by atoms with Gasteiger partial charge in [0.15, 0.2) is 16.4 Å². The van der Waals surface area contributed by atoms with Crippen LogP contribution in [0.5, 0.6) is 11.5 Å². The number of piperazine rings is 1. The van der Waals surface area contributed by atoms with Crippen LogP contribution in [0.4, 0.5) is 5.69 Å². The number of hydrogen-bond acceptors (Lipinski definition) is 7. The predicted octanol–water partition coefficient (Wildman–Crippen LogP) is 2.12. The van der Waals surface area contributed by atoms with Crippen molar-refractivity contribution in [2.24, 2.45) is 0 Å². The Labute approximate surface area is 169 Å². The molecule has 0 atom stereocenters. The number of rotatable bonds is 7. The molecule has 29 heavy (non-hydrogen) atoms. The average Bonchev–Trinajstić information content (AvgIpc) is 2.73. The van der Waals surface area contributed by atoms with E-state index in [0.717, 1.165) is 5.56 Å². The highest BCUT2D eigenvalue weighted by molar-refractivity contribution is 7.89. The van der Waals surface area contributed by atoms with Crippen LogP contribution in [0.25, 0.3) is 0 Å². The summed E-state index contributed by atoms with van der Waals surface area (Å²) in [6.07, 6.45) is 0. The summed E-state index contributed by atoms with van der Waals surface area (Å²) in [6, 6.07) is 11.1. The Morgan fingerprint density at radius 1 is 1.00 bits per heavy atom. The van der Waals surface area contributed by atoms with Gasteiger partial charge in [-0.05, 0) is 12.1 Å². The van der Waals surface area contributed by atoms with E-state index in [4.69, 9.17) is 9.47 Å². The Morgan fingerprint density at radius 2 is 1.69 bits per heavy atom. The van der Waals surface area contributed by atoms with E-state index in [0.29, 0.717) is 31.1 Å².